The highest BCUT2D eigenvalue weighted by Crippen LogP contribution is 2.22. The molecule has 1 aliphatic rings. The van der Waals surface area contributed by atoms with Crippen LogP contribution in [0.2, 0.25) is 0 Å². The predicted molar refractivity (Wildman–Crippen MR) is 55.9 cm³/mol. The molecule has 2 nitrogen and oxygen atoms in total. The Labute approximate surface area is 82.0 Å². The molecule has 0 bridgehead atoms. The molecule has 2 heteroatoms. The van der Waals surface area contributed by atoms with Crippen molar-refractivity contribution in [2.45, 2.75) is 52.7 Å². The third kappa shape index (κ3) is 5.27. The minimum atomic E-state index is 0.271. The van der Waals surface area contributed by atoms with Gasteiger partial charge in [-0.25, -0.2) is 0 Å². The summed E-state index contributed by atoms with van der Waals surface area (Å²) in [5.41, 5.74) is 0.271. The molecule has 1 aliphatic carbocycles. The Morgan fingerprint density at radius 1 is 1.38 bits per heavy atom. The molecule has 1 N–H and O–H groups in total. The summed E-state index contributed by atoms with van der Waals surface area (Å²) in [5, 5.41) is 3.54. The Hall–Kier alpha value is -0.0800. The maximum Gasteiger partial charge on any atom is 0.0532 e. The summed E-state index contributed by atoms with van der Waals surface area (Å²) in [4.78, 5) is 0. The standard InChI is InChI=1S/C11H23NO/c1-9(2)13-8-11(3,4)7-12-10-5-6-10/h9-10,12H,5-8H2,1-4H3. The lowest BCUT2D eigenvalue weighted by atomic mass is 9.95. The number of hydrogen-bond acceptors (Lipinski definition) is 2. The summed E-state index contributed by atoms with van der Waals surface area (Å²) in [6.45, 7) is 10.6. The van der Waals surface area contributed by atoms with Crippen molar-refractivity contribution in [2.24, 2.45) is 5.41 Å². The van der Waals surface area contributed by atoms with Crippen molar-refractivity contribution < 1.29 is 4.74 Å². The maximum absolute atomic E-state index is 5.62. The molecule has 0 amide bonds. The van der Waals surface area contributed by atoms with Crippen LogP contribution in [-0.4, -0.2) is 25.3 Å². The van der Waals surface area contributed by atoms with Crippen molar-refractivity contribution >= 4 is 0 Å². The molecule has 0 aromatic rings. The van der Waals surface area contributed by atoms with Crippen LogP contribution in [0.15, 0.2) is 0 Å². The van der Waals surface area contributed by atoms with Crippen molar-refractivity contribution in [2.75, 3.05) is 13.2 Å². The molecule has 78 valence electrons. The Balaban J connectivity index is 2.10. The van der Waals surface area contributed by atoms with Crippen LogP contribution in [0.3, 0.4) is 0 Å². The van der Waals surface area contributed by atoms with Gasteiger partial charge in [0.25, 0.3) is 0 Å². The first kappa shape index (κ1) is 11.0. The SMILES string of the molecule is CC(C)OCC(C)(C)CNC1CC1. The number of hydrogen-bond donors (Lipinski definition) is 1. The van der Waals surface area contributed by atoms with Gasteiger partial charge in [-0.05, 0) is 26.7 Å². The Kier molecular flexibility index (Phi) is 3.74. The van der Waals surface area contributed by atoms with Gasteiger partial charge in [0.2, 0.25) is 0 Å². The highest BCUT2D eigenvalue weighted by atomic mass is 16.5. The fourth-order valence-electron chi connectivity index (χ4n) is 1.15. The van der Waals surface area contributed by atoms with Crippen LogP contribution < -0.4 is 5.32 Å². The quantitative estimate of drug-likeness (QED) is 0.685. The normalized spacial score (nSPS) is 18.2. The molecule has 0 unspecified atom stereocenters. The zero-order valence-electron chi connectivity index (χ0n) is 9.39. The lowest BCUT2D eigenvalue weighted by Crippen LogP contribution is -2.35. The Bertz CT molecular complexity index is 142. The van der Waals surface area contributed by atoms with Gasteiger partial charge in [0, 0.05) is 18.0 Å². The van der Waals surface area contributed by atoms with Crippen molar-refractivity contribution in [3.8, 4) is 0 Å². The van der Waals surface area contributed by atoms with Gasteiger partial charge in [-0.3, -0.25) is 0 Å². The molecule has 0 aromatic carbocycles. The summed E-state index contributed by atoms with van der Waals surface area (Å²) < 4.78 is 5.62. The lowest BCUT2D eigenvalue weighted by molar-refractivity contribution is 0.0216. The molecule has 1 rings (SSSR count). The molecule has 0 radical (unpaired) electrons. The molecule has 13 heavy (non-hydrogen) atoms. The summed E-state index contributed by atoms with van der Waals surface area (Å²) in [6, 6.07) is 0.804. The van der Waals surface area contributed by atoms with Crippen LogP contribution in [0.25, 0.3) is 0 Å². The molecular weight excluding hydrogens is 162 g/mol. The third-order valence-electron chi connectivity index (χ3n) is 2.25. The van der Waals surface area contributed by atoms with Crippen LogP contribution in [0.4, 0.5) is 0 Å². The molecule has 0 atom stereocenters. The van der Waals surface area contributed by atoms with E-state index in [-0.39, 0.29) is 5.41 Å². The average Bonchev–Trinajstić information content (AvgIpc) is 2.81. The van der Waals surface area contributed by atoms with E-state index in [1.165, 1.54) is 12.8 Å². The van der Waals surface area contributed by atoms with Crippen molar-refractivity contribution in [3.05, 3.63) is 0 Å². The Morgan fingerprint density at radius 3 is 2.46 bits per heavy atom. The van der Waals surface area contributed by atoms with E-state index in [9.17, 15) is 0 Å². The fourth-order valence-corrected chi connectivity index (χ4v) is 1.15. The second-order valence-corrected chi connectivity index (χ2v) is 5.18. The maximum atomic E-state index is 5.62. The molecule has 0 saturated heterocycles. The van der Waals surface area contributed by atoms with Gasteiger partial charge in [-0.2, -0.15) is 0 Å². The molecule has 0 spiro atoms. The topological polar surface area (TPSA) is 21.3 Å². The molecule has 1 saturated carbocycles. The minimum absolute atomic E-state index is 0.271. The van der Waals surface area contributed by atoms with Crippen LogP contribution in [0.5, 0.6) is 0 Å². The number of ether oxygens (including phenoxy) is 1. The summed E-state index contributed by atoms with van der Waals surface area (Å²) >= 11 is 0. The largest absolute Gasteiger partial charge is 0.378 e. The van der Waals surface area contributed by atoms with Crippen LogP contribution in [0, 0.1) is 5.41 Å². The van der Waals surface area contributed by atoms with Crippen molar-refractivity contribution in [3.63, 3.8) is 0 Å². The summed E-state index contributed by atoms with van der Waals surface area (Å²) in [5.74, 6) is 0. The molecule has 0 aromatic heterocycles. The van der Waals surface area contributed by atoms with Gasteiger partial charge in [0.05, 0.1) is 12.7 Å². The van der Waals surface area contributed by atoms with Crippen molar-refractivity contribution in [1.82, 2.24) is 5.32 Å². The van der Waals surface area contributed by atoms with Crippen molar-refractivity contribution in [1.29, 1.82) is 0 Å². The van der Waals surface area contributed by atoms with Gasteiger partial charge in [0.15, 0.2) is 0 Å². The van der Waals surface area contributed by atoms with Crippen LogP contribution in [-0.2, 0) is 4.74 Å². The van der Waals surface area contributed by atoms with E-state index in [4.69, 9.17) is 4.74 Å². The van der Waals surface area contributed by atoms with E-state index in [1.807, 2.05) is 0 Å². The second-order valence-electron chi connectivity index (χ2n) is 5.18. The van der Waals surface area contributed by atoms with E-state index < -0.39 is 0 Å². The average molecular weight is 185 g/mol. The minimum Gasteiger partial charge on any atom is -0.378 e. The highest BCUT2D eigenvalue weighted by Gasteiger charge is 2.25. The predicted octanol–water partition coefficient (Wildman–Crippen LogP) is 2.19. The lowest BCUT2D eigenvalue weighted by Gasteiger charge is -2.26. The van der Waals surface area contributed by atoms with Gasteiger partial charge in [-0.15, -0.1) is 0 Å². The monoisotopic (exact) mass is 185 g/mol. The van der Waals surface area contributed by atoms with Gasteiger partial charge in [0.1, 0.15) is 0 Å². The molecule has 0 heterocycles. The fraction of sp³-hybridized carbons (Fsp3) is 1.00. The van der Waals surface area contributed by atoms with Gasteiger partial charge >= 0.3 is 0 Å². The van der Waals surface area contributed by atoms with Gasteiger partial charge in [-0.1, -0.05) is 13.8 Å². The van der Waals surface area contributed by atoms with E-state index in [0.717, 1.165) is 19.2 Å². The van der Waals surface area contributed by atoms with E-state index in [2.05, 4.69) is 33.0 Å². The van der Waals surface area contributed by atoms with E-state index in [1.54, 1.807) is 0 Å². The zero-order chi connectivity index (χ0) is 9.90. The molecular formula is C11H23NO. The third-order valence-corrected chi connectivity index (χ3v) is 2.25. The first-order valence-electron chi connectivity index (χ1n) is 5.34. The van der Waals surface area contributed by atoms with E-state index >= 15 is 0 Å². The Morgan fingerprint density at radius 2 is 2.00 bits per heavy atom. The summed E-state index contributed by atoms with van der Waals surface area (Å²) in [6.07, 6.45) is 3.07. The molecule has 1 fully saturated rings. The summed E-state index contributed by atoms with van der Waals surface area (Å²) in [7, 11) is 0. The van der Waals surface area contributed by atoms with Gasteiger partial charge < -0.3 is 10.1 Å². The van der Waals surface area contributed by atoms with Crippen LogP contribution in [0.1, 0.15) is 40.5 Å². The number of nitrogens with one attached hydrogen (secondary N) is 1. The van der Waals surface area contributed by atoms with Crippen LogP contribution >= 0.6 is 0 Å². The highest BCUT2D eigenvalue weighted by molar-refractivity contribution is 4.83. The number of rotatable bonds is 6. The van der Waals surface area contributed by atoms with E-state index in [0.29, 0.717) is 6.10 Å². The zero-order valence-corrected chi connectivity index (χ0v) is 9.39. The molecule has 0 aliphatic heterocycles. The smallest absolute Gasteiger partial charge is 0.0532 e. The first-order valence-corrected chi connectivity index (χ1v) is 5.34. The second kappa shape index (κ2) is 4.43. The first-order chi connectivity index (χ1) is 5.99.